The molecular formula is C31H24F3N5O5. The summed E-state index contributed by atoms with van der Waals surface area (Å²) in [4.78, 5) is 20.8. The molecule has 10 nitrogen and oxygen atoms in total. The molecule has 0 radical (unpaired) electrons. The normalized spacial score (nSPS) is 11.8. The van der Waals surface area contributed by atoms with Crippen LogP contribution in [0.1, 0.15) is 34.3 Å². The number of halogens is 3. The molecular weight excluding hydrogens is 579 g/mol. The Morgan fingerprint density at radius 1 is 1.05 bits per heavy atom. The van der Waals surface area contributed by atoms with E-state index in [0.29, 0.717) is 46.2 Å². The van der Waals surface area contributed by atoms with E-state index in [1.54, 1.807) is 36.5 Å². The van der Waals surface area contributed by atoms with Crippen LogP contribution in [-0.4, -0.2) is 47.6 Å². The zero-order valence-electron chi connectivity index (χ0n) is 23.3. The van der Waals surface area contributed by atoms with Gasteiger partial charge in [-0.15, -0.1) is 0 Å². The van der Waals surface area contributed by atoms with Gasteiger partial charge in [0, 0.05) is 12.3 Å². The van der Waals surface area contributed by atoms with Crippen LogP contribution >= 0.6 is 0 Å². The van der Waals surface area contributed by atoms with Crippen LogP contribution in [0.2, 0.25) is 0 Å². The number of phenolic OH excluding ortho intramolecular Hbond substituents is 1. The van der Waals surface area contributed by atoms with Gasteiger partial charge in [0.1, 0.15) is 17.3 Å². The highest BCUT2D eigenvalue weighted by atomic mass is 19.4. The summed E-state index contributed by atoms with van der Waals surface area (Å²) in [6.07, 6.45) is -2.47. The number of benzene rings is 2. The number of hydrogen-bond donors (Lipinski definition) is 2. The average molecular weight is 604 g/mol. The summed E-state index contributed by atoms with van der Waals surface area (Å²) < 4.78 is 53.4. The number of aromatic carboxylic acids is 1. The van der Waals surface area contributed by atoms with Crippen molar-refractivity contribution in [2.24, 2.45) is 0 Å². The first-order valence-corrected chi connectivity index (χ1v) is 13.4. The Kier molecular flexibility index (Phi) is 7.08. The standard InChI is InChI=1S/C31H24F3N5O5/c1-3-19-13-24(26-9-10-27(44-26)31(32,33)34)39(37-19)20-6-7-23-22(14-20)36-29(21-12-18(30(41)42)5-8-25(21)40)38(23)16-17-4-11-28(43-2)35-15-17/h4-15,40H,3,16H2,1-2H3,(H,41,42). The predicted molar refractivity (Wildman–Crippen MR) is 153 cm³/mol. The second kappa shape index (κ2) is 10.9. The van der Waals surface area contributed by atoms with Crippen molar-refractivity contribution >= 4 is 17.0 Å². The number of furan rings is 1. The Morgan fingerprint density at radius 2 is 1.86 bits per heavy atom. The molecule has 0 unspecified atom stereocenters. The van der Waals surface area contributed by atoms with Crippen LogP contribution in [-0.2, 0) is 19.1 Å². The van der Waals surface area contributed by atoms with E-state index < -0.39 is 17.9 Å². The number of hydrogen-bond acceptors (Lipinski definition) is 7. The first-order valence-electron chi connectivity index (χ1n) is 13.4. The van der Waals surface area contributed by atoms with Gasteiger partial charge in [-0.3, -0.25) is 0 Å². The van der Waals surface area contributed by atoms with Crippen LogP contribution in [0.3, 0.4) is 0 Å². The molecule has 0 fully saturated rings. The van der Waals surface area contributed by atoms with E-state index in [1.807, 2.05) is 17.6 Å². The van der Waals surface area contributed by atoms with Crippen molar-refractivity contribution < 1.29 is 37.3 Å². The van der Waals surface area contributed by atoms with Crippen molar-refractivity contribution in [3.05, 3.63) is 95.5 Å². The molecule has 0 amide bonds. The highest BCUT2D eigenvalue weighted by molar-refractivity contribution is 5.91. The third kappa shape index (κ3) is 5.23. The monoisotopic (exact) mass is 603 g/mol. The Morgan fingerprint density at radius 3 is 2.52 bits per heavy atom. The zero-order valence-corrected chi connectivity index (χ0v) is 23.3. The number of rotatable bonds is 8. The van der Waals surface area contributed by atoms with Crippen molar-refractivity contribution in [1.82, 2.24) is 24.3 Å². The molecule has 0 aliphatic carbocycles. The lowest BCUT2D eigenvalue weighted by molar-refractivity contribution is -0.152. The van der Waals surface area contributed by atoms with Gasteiger partial charge in [0.25, 0.3) is 0 Å². The van der Waals surface area contributed by atoms with Crippen LogP contribution < -0.4 is 4.74 Å². The molecule has 0 saturated carbocycles. The molecule has 0 bridgehead atoms. The van der Waals surface area contributed by atoms with Crippen molar-refractivity contribution in [3.63, 3.8) is 0 Å². The summed E-state index contributed by atoms with van der Waals surface area (Å²) >= 11 is 0. The summed E-state index contributed by atoms with van der Waals surface area (Å²) in [6, 6.07) is 16.5. The van der Waals surface area contributed by atoms with Crippen molar-refractivity contribution in [1.29, 1.82) is 0 Å². The SMILES string of the molecule is CCc1cc(-c2ccc(C(F)(F)F)o2)n(-c2ccc3c(c2)nc(-c2cc(C(=O)O)ccc2O)n3Cc2ccc(OC)nc2)n1. The zero-order chi connectivity index (χ0) is 31.2. The minimum absolute atomic E-state index is 0.00162. The summed E-state index contributed by atoms with van der Waals surface area (Å²) in [5.74, 6) is -1.72. The Bertz CT molecular complexity index is 2010. The molecule has 0 aliphatic rings. The molecule has 2 aromatic carbocycles. The number of carboxylic acids is 1. The van der Waals surface area contributed by atoms with Gasteiger partial charge in [0.15, 0.2) is 5.76 Å². The first-order chi connectivity index (χ1) is 21.0. The molecule has 0 saturated heterocycles. The van der Waals surface area contributed by atoms with Gasteiger partial charge in [-0.05, 0) is 66.6 Å². The maximum atomic E-state index is 13.3. The smallest absolute Gasteiger partial charge is 0.449 e. The highest BCUT2D eigenvalue weighted by Gasteiger charge is 2.35. The van der Waals surface area contributed by atoms with Crippen molar-refractivity contribution in [3.8, 4) is 40.2 Å². The Balaban J connectivity index is 1.51. The molecule has 0 spiro atoms. The Hall–Kier alpha value is -5.59. The number of carboxylic acid groups (broad SMARTS) is 1. The molecule has 2 N–H and O–H groups in total. The third-order valence-corrected chi connectivity index (χ3v) is 7.07. The number of aromatic nitrogens is 5. The average Bonchev–Trinajstić information content (AvgIpc) is 3.75. The topological polar surface area (TPSA) is 128 Å². The second-order valence-corrected chi connectivity index (χ2v) is 9.89. The van der Waals surface area contributed by atoms with Gasteiger partial charge in [0.2, 0.25) is 11.6 Å². The third-order valence-electron chi connectivity index (χ3n) is 7.07. The number of imidazole rings is 1. The van der Waals surface area contributed by atoms with Crippen molar-refractivity contribution in [2.45, 2.75) is 26.1 Å². The van der Waals surface area contributed by atoms with Crippen LogP contribution in [0.15, 0.2) is 77.3 Å². The van der Waals surface area contributed by atoms with E-state index in [-0.39, 0.29) is 29.2 Å². The molecule has 6 rings (SSSR count). The van der Waals surface area contributed by atoms with Crippen LogP contribution in [0.25, 0.3) is 39.6 Å². The lowest BCUT2D eigenvalue weighted by atomic mass is 10.1. The summed E-state index contributed by atoms with van der Waals surface area (Å²) in [5.41, 5.74) is 3.52. The largest absolute Gasteiger partial charge is 0.507 e. The maximum Gasteiger partial charge on any atom is 0.449 e. The van der Waals surface area contributed by atoms with Gasteiger partial charge < -0.3 is 23.9 Å². The van der Waals surface area contributed by atoms with Crippen LogP contribution in [0, 0.1) is 0 Å². The highest BCUT2D eigenvalue weighted by Crippen LogP contribution is 2.36. The molecule has 6 aromatic rings. The minimum Gasteiger partial charge on any atom is -0.507 e. The molecule has 224 valence electrons. The number of aromatic hydroxyl groups is 1. The number of phenols is 1. The Labute approximate surface area is 247 Å². The first kappa shape index (κ1) is 28.5. The van der Waals surface area contributed by atoms with Gasteiger partial charge in [-0.2, -0.15) is 18.3 Å². The molecule has 0 atom stereocenters. The van der Waals surface area contributed by atoms with E-state index >= 15 is 0 Å². The van der Waals surface area contributed by atoms with Gasteiger partial charge in [-0.25, -0.2) is 19.4 Å². The number of aryl methyl sites for hydroxylation is 1. The molecule has 4 aromatic heterocycles. The molecule has 44 heavy (non-hydrogen) atoms. The second-order valence-electron chi connectivity index (χ2n) is 9.89. The van der Waals surface area contributed by atoms with E-state index in [4.69, 9.17) is 14.1 Å². The maximum absolute atomic E-state index is 13.3. The quantitative estimate of drug-likeness (QED) is 0.200. The van der Waals surface area contributed by atoms with Crippen LogP contribution in [0.5, 0.6) is 11.6 Å². The fourth-order valence-electron chi connectivity index (χ4n) is 4.87. The predicted octanol–water partition coefficient (Wildman–Crippen LogP) is 6.59. The lowest BCUT2D eigenvalue weighted by Gasteiger charge is -2.12. The molecule has 4 heterocycles. The minimum atomic E-state index is -4.64. The summed E-state index contributed by atoms with van der Waals surface area (Å²) in [7, 11) is 1.51. The van der Waals surface area contributed by atoms with Gasteiger partial charge in [0.05, 0.1) is 47.2 Å². The van der Waals surface area contributed by atoms with E-state index in [1.165, 1.54) is 36.1 Å². The van der Waals surface area contributed by atoms with Crippen LogP contribution in [0.4, 0.5) is 13.2 Å². The van der Waals surface area contributed by atoms with Crippen molar-refractivity contribution in [2.75, 3.05) is 7.11 Å². The number of carbonyl (C=O) groups is 1. The number of fused-ring (bicyclic) bond motifs is 1. The number of methoxy groups -OCH3 is 1. The van der Waals surface area contributed by atoms with E-state index in [0.717, 1.165) is 11.6 Å². The van der Waals surface area contributed by atoms with E-state index in [9.17, 15) is 28.2 Å². The molecule has 0 aliphatic heterocycles. The number of pyridine rings is 1. The number of nitrogens with zero attached hydrogens (tertiary/aromatic N) is 5. The van der Waals surface area contributed by atoms with Gasteiger partial charge >= 0.3 is 12.1 Å². The molecule has 13 heteroatoms. The van der Waals surface area contributed by atoms with Gasteiger partial charge in [-0.1, -0.05) is 13.0 Å². The number of ether oxygens (including phenoxy) is 1. The van der Waals surface area contributed by atoms with E-state index in [2.05, 4.69) is 10.1 Å². The fraction of sp³-hybridized carbons (Fsp3) is 0.161. The lowest BCUT2D eigenvalue weighted by Crippen LogP contribution is -2.04. The summed E-state index contributed by atoms with van der Waals surface area (Å²) in [6.45, 7) is 2.14. The summed E-state index contributed by atoms with van der Waals surface area (Å²) in [5, 5.41) is 24.9. The number of alkyl halides is 3. The fourth-order valence-corrected chi connectivity index (χ4v) is 4.87.